The monoisotopic (exact) mass is 385 g/mol. The van der Waals surface area contributed by atoms with Gasteiger partial charge in [-0.05, 0) is 13.8 Å². The molecule has 3 rings (SSSR count). The highest BCUT2D eigenvalue weighted by Gasteiger charge is 2.30. The lowest BCUT2D eigenvalue weighted by molar-refractivity contribution is 0.0525. The highest BCUT2D eigenvalue weighted by Crippen LogP contribution is 2.41. The molecule has 0 radical (unpaired) electrons. The van der Waals surface area contributed by atoms with E-state index in [4.69, 9.17) is 9.72 Å². The number of carbonyl (C=O) groups excluding carboxylic acids is 1. The van der Waals surface area contributed by atoms with Crippen LogP contribution in [0.25, 0.3) is 0 Å². The van der Waals surface area contributed by atoms with Gasteiger partial charge < -0.3 is 19.9 Å². The molecule has 3 N–H and O–H groups in total. The Balaban J connectivity index is 1.96. The summed E-state index contributed by atoms with van der Waals surface area (Å²) in [6.07, 6.45) is 0. The Hall–Kier alpha value is -1.62. The summed E-state index contributed by atoms with van der Waals surface area (Å²) in [5.41, 5.74) is 0.947. The maximum atomic E-state index is 12.5. The van der Waals surface area contributed by atoms with Crippen molar-refractivity contribution in [2.75, 3.05) is 67.2 Å². The zero-order valence-corrected chi connectivity index (χ0v) is 16.1. The third kappa shape index (κ3) is 4.20. The largest absolute Gasteiger partial charge is 0.462 e. The predicted octanol–water partition coefficient (Wildman–Crippen LogP) is 0.942. The second-order valence-corrected chi connectivity index (χ2v) is 8.88. The minimum atomic E-state index is -2.53. The fraction of sp³-hybridized carbons (Fsp3) is 0.688. The third-order valence-electron chi connectivity index (χ3n) is 4.61. The van der Waals surface area contributed by atoms with Crippen LogP contribution < -0.4 is 15.1 Å². The van der Waals surface area contributed by atoms with Gasteiger partial charge in [-0.15, -0.1) is 0 Å². The van der Waals surface area contributed by atoms with E-state index in [1.54, 1.807) is 13.8 Å². The lowest BCUT2D eigenvalue weighted by atomic mass is 10.2. The molecule has 1 aromatic heterocycles. The summed E-state index contributed by atoms with van der Waals surface area (Å²) in [6.45, 7) is 8.04. The van der Waals surface area contributed by atoms with E-state index in [-0.39, 0.29) is 18.1 Å². The zero-order valence-electron chi connectivity index (χ0n) is 15.3. The van der Waals surface area contributed by atoms with Crippen molar-refractivity contribution < 1.29 is 18.6 Å². The fourth-order valence-electron chi connectivity index (χ4n) is 3.16. The number of hydrogen-bond acceptors (Lipinski definition) is 9. The molecule has 2 aliphatic rings. The van der Waals surface area contributed by atoms with Crippen LogP contribution in [0.2, 0.25) is 0 Å². The van der Waals surface area contributed by atoms with Crippen LogP contribution in [0.15, 0.2) is 0 Å². The Labute approximate surface area is 155 Å². The molecule has 26 heavy (non-hydrogen) atoms. The number of ether oxygens (including phenoxy) is 1. The Morgan fingerprint density at radius 1 is 1.15 bits per heavy atom. The number of carbonyl (C=O) groups is 1. The van der Waals surface area contributed by atoms with Gasteiger partial charge in [0.25, 0.3) is 0 Å². The van der Waals surface area contributed by atoms with Gasteiger partial charge >= 0.3 is 5.97 Å². The van der Waals surface area contributed by atoms with E-state index < -0.39 is 16.6 Å². The number of aryl methyl sites for hydroxylation is 1. The van der Waals surface area contributed by atoms with E-state index in [9.17, 15) is 13.9 Å². The molecule has 146 valence electrons. The molecule has 2 fully saturated rings. The number of nitrogens with one attached hydrogen (secondary N) is 1. The second-order valence-electron chi connectivity index (χ2n) is 6.46. The van der Waals surface area contributed by atoms with Crippen molar-refractivity contribution >= 4 is 28.3 Å². The zero-order chi connectivity index (χ0) is 18.7. The van der Waals surface area contributed by atoms with Crippen molar-refractivity contribution in [2.24, 2.45) is 0 Å². The summed E-state index contributed by atoms with van der Waals surface area (Å²) in [4.78, 5) is 25.8. The van der Waals surface area contributed by atoms with Crippen molar-refractivity contribution in [1.82, 2.24) is 15.3 Å². The molecule has 2 aliphatic heterocycles. The second kappa shape index (κ2) is 7.95. The maximum Gasteiger partial charge on any atom is 0.343 e. The summed E-state index contributed by atoms with van der Waals surface area (Å²) in [5.74, 6) is 1.25. The standard InChI is InChI=1S/C16H27N5O4S/c1-3-25-15(22)13-12(2)18-16(21-6-4-17-5-7-21)19-14(13)20-8-10-26(23,24)11-9-20/h17,23-24H,3-11H2,1-2H3. The first-order valence-corrected chi connectivity index (χ1v) is 10.8. The van der Waals surface area contributed by atoms with Gasteiger partial charge in [-0.1, -0.05) is 0 Å². The normalized spacial score (nSPS) is 21.4. The molecular weight excluding hydrogens is 358 g/mol. The Morgan fingerprint density at radius 3 is 2.42 bits per heavy atom. The van der Waals surface area contributed by atoms with Gasteiger partial charge in [0.15, 0.2) is 0 Å². The third-order valence-corrected chi connectivity index (χ3v) is 6.29. The quantitative estimate of drug-likeness (QED) is 0.652. The van der Waals surface area contributed by atoms with Crippen LogP contribution in [0.1, 0.15) is 23.0 Å². The molecule has 0 spiro atoms. The maximum absolute atomic E-state index is 12.5. The Morgan fingerprint density at radius 2 is 1.81 bits per heavy atom. The lowest BCUT2D eigenvalue weighted by Gasteiger charge is -2.42. The topological polar surface area (TPSA) is 111 Å². The fourth-order valence-corrected chi connectivity index (χ4v) is 4.39. The number of esters is 1. The molecule has 9 nitrogen and oxygen atoms in total. The highest BCUT2D eigenvalue weighted by atomic mass is 32.3. The molecule has 3 heterocycles. The van der Waals surface area contributed by atoms with E-state index in [0.29, 0.717) is 36.1 Å². The summed E-state index contributed by atoms with van der Waals surface area (Å²) in [6, 6.07) is 0. The lowest BCUT2D eigenvalue weighted by Crippen LogP contribution is -2.45. The van der Waals surface area contributed by atoms with Gasteiger partial charge in [-0.2, -0.15) is 15.6 Å². The van der Waals surface area contributed by atoms with Crippen molar-refractivity contribution in [1.29, 1.82) is 0 Å². The molecule has 0 bridgehead atoms. The van der Waals surface area contributed by atoms with Crippen molar-refractivity contribution in [2.45, 2.75) is 13.8 Å². The molecule has 0 aromatic carbocycles. The summed E-state index contributed by atoms with van der Waals surface area (Å²) in [5, 5.41) is 3.30. The SMILES string of the molecule is CCOC(=O)c1c(C)nc(N2CCNCC2)nc1N1CCS(O)(O)CC1. The first kappa shape index (κ1) is 19.2. The van der Waals surface area contributed by atoms with Crippen molar-refractivity contribution in [3.63, 3.8) is 0 Å². The highest BCUT2D eigenvalue weighted by molar-refractivity contribution is 8.24. The van der Waals surface area contributed by atoms with E-state index >= 15 is 0 Å². The smallest absolute Gasteiger partial charge is 0.343 e. The van der Waals surface area contributed by atoms with E-state index in [2.05, 4.69) is 15.2 Å². The number of anilines is 2. The van der Waals surface area contributed by atoms with Crippen LogP contribution >= 0.6 is 10.6 Å². The number of piperazine rings is 1. The molecule has 1 aromatic rings. The summed E-state index contributed by atoms with van der Waals surface area (Å²) >= 11 is 0. The van der Waals surface area contributed by atoms with Gasteiger partial charge in [0, 0.05) is 39.3 Å². The molecule has 0 aliphatic carbocycles. The summed E-state index contributed by atoms with van der Waals surface area (Å²) < 4.78 is 25.0. The molecule has 2 saturated heterocycles. The average Bonchev–Trinajstić information content (AvgIpc) is 2.62. The first-order chi connectivity index (χ1) is 12.4. The Bertz CT molecular complexity index is 656. The van der Waals surface area contributed by atoms with Crippen LogP contribution in [0.4, 0.5) is 11.8 Å². The number of hydrogen-bond donors (Lipinski definition) is 3. The van der Waals surface area contributed by atoms with Crippen LogP contribution in [0.5, 0.6) is 0 Å². The number of aromatic nitrogens is 2. The average molecular weight is 385 g/mol. The van der Waals surface area contributed by atoms with E-state index in [1.807, 2.05) is 4.90 Å². The van der Waals surface area contributed by atoms with Crippen LogP contribution in [0.3, 0.4) is 0 Å². The van der Waals surface area contributed by atoms with Gasteiger partial charge in [0.2, 0.25) is 5.95 Å². The van der Waals surface area contributed by atoms with Crippen LogP contribution in [-0.4, -0.2) is 82.4 Å². The van der Waals surface area contributed by atoms with E-state index in [0.717, 1.165) is 26.2 Å². The van der Waals surface area contributed by atoms with Gasteiger partial charge in [0.1, 0.15) is 11.4 Å². The molecular formula is C16H27N5O4S. The van der Waals surface area contributed by atoms with Crippen molar-refractivity contribution in [3.05, 3.63) is 11.3 Å². The number of nitrogens with zero attached hydrogens (tertiary/aromatic N) is 4. The summed E-state index contributed by atoms with van der Waals surface area (Å²) in [7, 11) is -2.53. The minimum Gasteiger partial charge on any atom is -0.462 e. The van der Waals surface area contributed by atoms with E-state index in [1.165, 1.54) is 0 Å². The minimum absolute atomic E-state index is 0.276. The molecule has 0 saturated carbocycles. The molecule has 0 atom stereocenters. The van der Waals surface area contributed by atoms with Gasteiger partial charge in [-0.25, -0.2) is 9.78 Å². The number of rotatable bonds is 4. The van der Waals surface area contributed by atoms with Gasteiger partial charge in [0.05, 0.1) is 23.8 Å². The van der Waals surface area contributed by atoms with Gasteiger partial charge in [-0.3, -0.25) is 9.11 Å². The predicted molar refractivity (Wildman–Crippen MR) is 103 cm³/mol. The molecule has 10 heteroatoms. The molecule has 0 unspecified atom stereocenters. The Kier molecular flexibility index (Phi) is 5.86. The molecule has 0 amide bonds. The van der Waals surface area contributed by atoms with Crippen LogP contribution in [-0.2, 0) is 4.74 Å². The first-order valence-electron chi connectivity index (χ1n) is 8.91. The van der Waals surface area contributed by atoms with Crippen molar-refractivity contribution in [3.8, 4) is 0 Å². The van der Waals surface area contributed by atoms with Crippen LogP contribution in [0, 0.1) is 6.92 Å².